The maximum absolute atomic E-state index is 12.6. The summed E-state index contributed by atoms with van der Waals surface area (Å²) in [6.45, 7) is 0.347. The molecule has 0 aliphatic rings. The molecule has 0 fully saturated rings. The maximum atomic E-state index is 12.6. The molecule has 1 amide bonds. The van der Waals surface area contributed by atoms with E-state index in [9.17, 15) is 9.59 Å². The lowest BCUT2D eigenvalue weighted by molar-refractivity contribution is 0.103. The van der Waals surface area contributed by atoms with E-state index in [1.165, 1.54) is 0 Å². The highest BCUT2D eigenvalue weighted by Crippen LogP contribution is 2.22. The average molecular weight is 349 g/mol. The van der Waals surface area contributed by atoms with Gasteiger partial charge in [-0.2, -0.15) is 0 Å². The van der Waals surface area contributed by atoms with Crippen molar-refractivity contribution in [2.24, 2.45) is 0 Å². The van der Waals surface area contributed by atoms with Gasteiger partial charge in [-0.25, -0.2) is 0 Å². The minimum absolute atomic E-state index is 0.0559. The fourth-order valence-electron chi connectivity index (χ4n) is 2.58. The summed E-state index contributed by atoms with van der Waals surface area (Å²) in [6, 6.07) is 22.2. The van der Waals surface area contributed by atoms with Crippen molar-refractivity contribution >= 4 is 23.8 Å². The van der Waals surface area contributed by atoms with Crippen LogP contribution < -0.4 is 5.32 Å². The summed E-state index contributed by atoms with van der Waals surface area (Å²) in [4.78, 5) is 22.9. The fraction of sp³-hybridized carbons (Fsp3) is 0.0476. The van der Waals surface area contributed by atoms with E-state index in [-0.39, 0.29) is 5.78 Å². The standard InChI is InChI=1S/C21H15ClNO2/c22-20-10-8-17(9-11-20)16-4-6-18(7-5-16)21(25)19-3-1-2-15(12-19)13-23-14-24/h1-12H,13H2,(H,23,24). The van der Waals surface area contributed by atoms with Gasteiger partial charge in [0.25, 0.3) is 0 Å². The predicted molar refractivity (Wildman–Crippen MR) is 99.3 cm³/mol. The Hall–Kier alpha value is -2.91. The Morgan fingerprint density at radius 2 is 1.52 bits per heavy atom. The van der Waals surface area contributed by atoms with E-state index in [0.29, 0.717) is 22.7 Å². The first kappa shape index (κ1) is 16.9. The molecular formula is C21H15ClNO2. The molecule has 0 aromatic heterocycles. The van der Waals surface area contributed by atoms with Crippen LogP contribution >= 0.6 is 11.6 Å². The molecule has 0 saturated carbocycles. The zero-order valence-corrected chi connectivity index (χ0v) is 14.1. The van der Waals surface area contributed by atoms with Gasteiger partial charge in [0.1, 0.15) is 0 Å². The molecule has 0 heterocycles. The summed E-state index contributed by atoms with van der Waals surface area (Å²) in [5, 5.41) is 3.17. The second kappa shape index (κ2) is 7.77. The largest absolute Gasteiger partial charge is 0.344 e. The van der Waals surface area contributed by atoms with Gasteiger partial charge in [0.15, 0.2) is 5.78 Å². The van der Waals surface area contributed by atoms with Crippen molar-refractivity contribution in [1.29, 1.82) is 0 Å². The van der Waals surface area contributed by atoms with Crippen LogP contribution in [0.5, 0.6) is 0 Å². The molecule has 1 radical (unpaired) electrons. The molecule has 4 heteroatoms. The molecule has 0 saturated heterocycles. The zero-order chi connectivity index (χ0) is 17.6. The average Bonchev–Trinajstić information content (AvgIpc) is 2.67. The van der Waals surface area contributed by atoms with Crippen molar-refractivity contribution in [2.45, 2.75) is 6.54 Å². The summed E-state index contributed by atoms with van der Waals surface area (Å²) < 4.78 is 0. The van der Waals surface area contributed by atoms with Gasteiger partial charge in [0.05, 0.1) is 0 Å². The molecule has 0 spiro atoms. The molecular weight excluding hydrogens is 334 g/mol. The van der Waals surface area contributed by atoms with Gasteiger partial charge in [-0.15, -0.1) is 0 Å². The molecule has 0 bridgehead atoms. The first-order valence-corrected chi connectivity index (χ1v) is 8.15. The summed E-state index contributed by atoms with van der Waals surface area (Å²) in [7, 11) is 0. The first-order valence-electron chi connectivity index (χ1n) is 7.77. The summed E-state index contributed by atoms with van der Waals surface area (Å²) in [5.41, 5.74) is 4.12. The molecule has 3 rings (SSSR count). The van der Waals surface area contributed by atoms with Crippen LogP contribution in [0.3, 0.4) is 0 Å². The highest BCUT2D eigenvalue weighted by atomic mass is 35.5. The number of nitrogens with one attached hydrogen (secondary N) is 1. The Morgan fingerprint density at radius 1 is 0.880 bits per heavy atom. The number of rotatable bonds is 6. The first-order chi connectivity index (χ1) is 12.2. The van der Waals surface area contributed by atoms with Gasteiger partial charge < -0.3 is 5.32 Å². The molecule has 0 unspecified atom stereocenters. The highest BCUT2D eigenvalue weighted by molar-refractivity contribution is 6.30. The van der Waals surface area contributed by atoms with Crippen LogP contribution in [0.15, 0.2) is 72.8 Å². The van der Waals surface area contributed by atoms with Crippen LogP contribution in [0.4, 0.5) is 0 Å². The Balaban J connectivity index is 1.81. The molecule has 123 valence electrons. The lowest BCUT2D eigenvalue weighted by Gasteiger charge is -2.06. The predicted octanol–water partition coefficient (Wildman–Crippen LogP) is 4.39. The topological polar surface area (TPSA) is 46.2 Å². The number of carbonyl (C=O) groups is 1. The van der Waals surface area contributed by atoms with Crippen LogP contribution in [0.2, 0.25) is 5.02 Å². The number of halogens is 1. The summed E-state index contributed by atoms with van der Waals surface area (Å²) in [6.07, 6.45) is 1.63. The lowest BCUT2D eigenvalue weighted by Crippen LogP contribution is -2.10. The van der Waals surface area contributed by atoms with Gasteiger partial charge in [-0.3, -0.25) is 9.59 Å². The molecule has 0 aliphatic heterocycles. The Bertz CT molecular complexity index is 887. The number of ketones is 1. The van der Waals surface area contributed by atoms with Crippen LogP contribution in [0, 0.1) is 0 Å². The van der Waals surface area contributed by atoms with Gasteiger partial charge >= 0.3 is 6.41 Å². The van der Waals surface area contributed by atoms with Crippen molar-refractivity contribution in [3.63, 3.8) is 0 Å². The summed E-state index contributed by atoms with van der Waals surface area (Å²) in [5.74, 6) is -0.0559. The number of benzene rings is 3. The van der Waals surface area contributed by atoms with Crippen LogP contribution in [-0.2, 0) is 11.3 Å². The molecule has 25 heavy (non-hydrogen) atoms. The van der Waals surface area contributed by atoms with Gasteiger partial charge in [0.2, 0.25) is 0 Å². The van der Waals surface area contributed by atoms with E-state index in [4.69, 9.17) is 11.6 Å². The van der Waals surface area contributed by atoms with Crippen molar-refractivity contribution in [2.75, 3.05) is 0 Å². The number of hydrogen-bond acceptors (Lipinski definition) is 2. The van der Waals surface area contributed by atoms with Crippen molar-refractivity contribution in [3.8, 4) is 11.1 Å². The second-order valence-corrected chi connectivity index (χ2v) is 6.01. The van der Waals surface area contributed by atoms with Crippen molar-refractivity contribution < 1.29 is 9.59 Å². The van der Waals surface area contributed by atoms with E-state index in [0.717, 1.165) is 16.7 Å². The molecule has 1 N–H and O–H groups in total. The number of carbonyl (C=O) groups excluding carboxylic acids is 2. The Labute approximate surface area is 151 Å². The quantitative estimate of drug-likeness (QED) is 0.530. The van der Waals surface area contributed by atoms with Crippen LogP contribution in [-0.4, -0.2) is 12.2 Å². The van der Waals surface area contributed by atoms with E-state index < -0.39 is 0 Å². The number of hydrogen-bond donors (Lipinski definition) is 1. The smallest absolute Gasteiger partial charge is 0.309 e. The molecule has 0 aliphatic carbocycles. The highest BCUT2D eigenvalue weighted by Gasteiger charge is 2.10. The van der Waals surface area contributed by atoms with Gasteiger partial charge in [0, 0.05) is 22.7 Å². The van der Waals surface area contributed by atoms with Crippen LogP contribution in [0.1, 0.15) is 21.5 Å². The third-order valence-electron chi connectivity index (χ3n) is 3.88. The van der Waals surface area contributed by atoms with Gasteiger partial charge in [-0.05, 0) is 34.9 Å². The minimum Gasteiger partial charge on any atom is -0.344 e. The van der Waals surface area contributed by atoms with E-state index in [2.05, 4.69) is 5.32 Å². The zero-order valence-electron chi connectivity index (χ0n) is 13.3. The monoisotopic (exact) mass is 348 g/mol. The molecule has 3 aromatic carbocycles. The van der Waals surface area contributed by atoms with Crippen LogP contribution in [0.25, 0.3) is 11.1 Å². The maximum Gasteiger partial charge on any atom is 0.309 e. The lowest BCUT2D eigenvalue weighted by atomic mass is 9.98. The SMILES string of the molecule is O=[C]NCc1cccc(C(=O)c2ccc(-c3ccc(Cl)cc3)cc2)c1. The van der Waals surface area contributed by atoms with Crippen molar-refractivity contribution in [3.05, 3.63) is 94.5 Å². The van der Waals surface area contributed by atoms with E-state index in [1.807, 2.05) is 54.6 Å². The molecule has 3 aromatic rings. The Morgan fingerprint density at radius 3 is 2.16 bits per heavy atom. The number of amides is 1. The fourth-order valence-corrected chi connectivity index (χ4v) is 2.71. The Kier molecular flexibility index (Phi) is 5.26. The second-order valence-electron chi connectivity index (χ2n) is 5.57. The molecule has 3 nitrogen and oxygen atoms in total. The summed E-state index contributed by atoms with van der Waals surface area (Å²) >= 11 is 5.91. The third-order valence-corrected chi connectivity index (χ3v) is 4.13. The van der Waals surface area contributed by atoms with Gasteiger partial charge in [-0.1, -0.05) is 66.2 Å². The van der Waals surface area contributed by atoms with E-state index in [1.54, 1.807) is 24.6 Å². The normalized spacial score (nSPS) is 10.3. The van der Waals surface area contributed by atoms with E-state index >= 15 is 0 Å². The molecule has 0 atom stereocenters. The van der Waals surface area contributed by atoms with Crippen molar-refractivity contribution in [1.82, 2.24) is 5.32 Å². The third kappa shape index (κ3) is 4.14. The minimum atomic E-state index is -0.0559.